The third-order valence-electron chi connectivity index (χ3n) is 2.80. The number of aromatic nitrogens is 4. The van der Waals surface area contributed by atoms with E-state index in [1.807, 2.05) is 6.20 Å². The second-order valence-corrected chi connectivity index (χ2v) is 5.34. The molecule has 0 spiro atoms. The highest BCUT2D eigenvalue weighted by Crippen LogP contribution is 2.29. The van der Waals surface area contributed by atoms with Gasteiger partial charge in [0, 0.05) is 25.8 Å². The Morgan fingerprint density at radius 3 is 2.48 bits per heavy atom. The number of hydrogen-bond acceptors (Lipinski definition) is 5. The zero-order valence-electron chi connectivity index (χ0n) is 11.8. The quantitative estimate of drug-likeness (QED) is 0.727. The van der Waals surface area contributed by atoms with Crippen LogP contribution in [0.5, 0.6) is 0 Å². The monoisotopic (exact) mass is 328 g/mol. The molecular formula is C13H18Cl2N6. The van der Waals surface area contributed by atoms with E-state index in [9.17, 15) is 0 Å². The third kappa shape index (κ3) is 4.75. The minimum Gasteiger partial charge on any atom is -0.369 e. The van der Waals surface area contributed by atoms with E-state index in [1.165, 1.54) is 0 Å². The van der Waals surface area contributed by atoms with Crippen molar-refractivity contribution in [1.82, 2.24) is 20.0 Å². The van der Waals surface area contributed by atoms with E-state index in [2.05, 4.69) is 32.9 Å². The maximum atomic E-state index is 6.15. The Morgan fingerprint density at radius 1 is 1.14 bits per heavy atom. The predicted molar refractivity (Wildman–Crippen MR) is 86.2 cm³/mol. The van der Waals surface area contributed by atoms with Crippen molar-refractivity contribution in [3.8, 4) is 0 Å². The lowest BCUT2D eigenvalue weighted by Gasteiger charge is -2.12. The van der Waals surface area contributed by atoms with Gasteiger partial charge < -0.3 is 10.6 Å². The molecule has 8 heteroatoms. The molecule has 0 radical (unpaired) electrons. The summed E-state index contributed by atoms with van der Waals surface area (Å²) in [7, 11) is 0. The van der Waals surface area contributed by atoms with Gasteiger partial charge in [0.05, 0.1) is 16.2 Å². The zero-order chi connectivity index (χ0) is 15.1. The molecule has 6 nitrogen and oxygen atoms in total. The maximum Gasteiger partial charge on any atom is 0.147 e. The Labute approximate surface area is 133 Å². The molecule has 2 aromatic rings. The van der Waals surface area contributed by atoms with Gasteiger partial charge in [-0.1, -0.05) is 35.3 Å². The van der Waals surface area contributed by atoms with Gasteiger partial charge >= 0.3 is 0 Å². The molecule has 0 aliphatic rings. The first kappa shape index (κ1) is 15.9. The van der Waals surface area contributed by atoms with Crippen molar-refractivity contribution >= 4 is 34.8 Å². The van der Waals surface area contributed by atoms with E-state index >= 15 is 0 Å². The van der Waals surface area contributed by atoms with Crippen LogP contribution >= 0.6 is 23.2 Å². The molecule has 0 saturated heterocycles. The van der Waals surface area contributed by atoms with Crippen LogP contribution in [0.2, 0.25) is 10.0 Å². The van der Waals surface area contributed by atoms with E-state index in [1.54, 1.807) is 16.9 Å². The first-order valence-electron chi connectivity index (χ1n) is 6.88. The average Bonchev–Trinajstić information content (AvgIpc) is 2.97. The number of nitrogens with zero attached hydrogens (tertiary/aromatic N) is 4. The molecule has 2 aromatic heterocycles. The highest BCUT2D eigenvalue weighted by atomic mass is 35.5. The van der Waals surface area contributed by atoms with E-state index in [0.29, 0.717) is 21.7 Å². The van der Waals surface area contributed by atoms with Gasteiger partial charge in [0.25, 0.3) is 0 Å². The third-order valence-corrected chi connectivity index (χ3v) is 3.38. The summed E-state index contributed by atoms with van der Waals surface area (Å²) in [6, 6.07) is 1.70. The van der Waals surface area contributed by atoms with Gasteiger partial charge in [0.1, 0.15) is 11.6 Å². The molecule has 0 unspecified atom stereocenters. The zero-order valence-corrected chi connectivity index (χ0v) is 13.3. The van der Waals surface area contributed by atoms with E-state index in [4.69, 9.17) is 23.2 Å². The highest BCUT2D eigenvalue weighted by molar-refractivity contribution is 6.37. The average molecular weight is 329 g/mol. The number of nitrogens with one attached hydrogen (secondary N) is 2. The molecule has 0 atom stereocenters. The summed E-state index contributed by atoms with van der Waals surface area (Å²) < 4.78 is 1.78. The summed E-state index contributed by atoms with van der Waals surface area (Å²) in [6.07, 6.45) is 5.39. The molecule has 0 aromatic carbocycles. The predicted octanol–water partition coefficient (Wildman–Crippen LogP) is 3.30. The van der Waals surface area contributed by atoms with Crippen LogP contribution in [0.15, 0.2) is 18.5 Å². The number of pyridine rings is 1. The van der Waals surface area contributed by atoms with E-state index < -0.39 is 0 Å². The van der Waals surface area contributed by atoms with Crippen molar-refractivity contribution in [2.24, 2.45) is 0 Å². The van der Waals surface area contributed by atoms with Crippen molar-refractivity contribution in [2.75, 3.05) is 23.7 Å². The topological polar surface area (TPSA) is 67.7 Å². The number of hydrogen-bond donors (Lipinski definition) is 2. The molecule has 0 bridgehead atoms. The fourth-order valence-corrected chi connectivity index (χ4v) is 2.25. The highest BCUT2D eigenvalue weighted by Gasteiger charge is 2.08. The van der Waals surface area contributed by atoms with Crippen molar-refractivity contribution < 1.29 is 0 Å². The molecule has 2 heterocycles. The van der Waals surface area contributed by atoms with Crippen molar-refractivity contribution in [3.63, 3.8) is 0 Å². The second-order valence-electron chi connectivity index (χ2n) is 4.52. The van der Waals surface area contributed by atoms with Gasteiger partial charge in [-0.25, -0.2) is 4.98 Å². The molecule has 0 aliphatic heterocycles. The standard InChI is InChI=1S/C13H18Cl2N6/c1-2-4-16-12-10(14)9-11(15)13(19-12)17-5-3-7-21-8-6-18-20-21/h6,8-9H,2-5,7H2,1H3,(H2,16,17,19). The summed E-state index contributed by atoms with van der Waals surface area (Å²) in [5.41, 5.74) is 0. The summed E-state index contributed by atoms with van der Waals surface area (Å²) in [6.45, 7) is 4.43. The molecular weight excluding hydrogens is 311 g/mol. The molecule has 114 valence electrons. The molecule has 2 N–H and O–H groups in total. The minimum absolute atomic E-state index is 0.516. The van der Waals surface area contributed by atoms with E-state index in [0.717, 1.165) is 32.5 Å². The maximum absolute atomic E-state index is 6.15. The molecule has 21 heavy (non-hydrogen) atoms. The summed E-state index contributed by atoms with van der Waals surface area (Å²) in [5, 5.41) is 15.1. The lowest BCUT2D eigenvalue weighted by atomic mass is 10.3. The number of aryl methyl sites for hydroxylation is 1. The van der Waals surface area contributed by atoms with Crippen LogP contribution in [0.3, 0.4) is 0 Å². The molecule has 2 rings (SSSR count). The van der Waals surface area contributed by atoms with Crippen LogP contribution in [0.1, 0.15) is 19.8 Å². The van der Waals surface area contributed by atoms with Gasteiger partial charge in [0.2, 0.25) is 0 Å². The summed E-state index contributed by atoms with van der Waals surface area (Å²) in [5.74, 6) is 1.29. The Hall–Kier alpha value is -1.53. The van der Waals surface area contributed by atoms with Crippen molar-refractivity contribution in [3.05, 3.63) is 28.5 Å². The Bertz CT molecular complexity index is 558. The van der Waals surface area contributed by atoms with Gasteiger partial charge in [-0.05, 0) is 18.9 Å². The SMILES string of the molecule is CCCNc1nc(NCCCn2ccnn2)c(Cl)cc1Cl. The largest absolute Gasteiger partial charge is 0.369 e. The molecule has 0 amide bonds. The molecule has 0 fully saturated rings. The Morgan fingerprint density at radius 2 is 1.86 bits per heavy atom. The first-order chi connectivity index (χ1) is 10.2. The van der Waals surface area contributed by atoms with Crippen LogP contribution in [-0.2, 0) is 6.54 Å². The molecule has 0 saturated carbocycles. The van der Waals surface area contributed by atoms with E-state index in [-0.39, 0.29) is 0 Å². The number of halogens is 2. The van der Waals surface area contributed by atoms with Crippen LogP contribution in [0, 0.1) is 0 Å². The lowest BCUT2D eigenvalue weighted by Crippen LogP contribution is -2.10. The summed E-state index contributed by atoms with van der Waals surface area (Å²) in [4.78, 5) is 4.42. The fourth-order valence-electron chi connectivity index (χ4n) is 1.76. The van der Waals surface area contributed by atoms with Crippen LogP contribution < -0.4 is 10.6 Å². The smallest absolute Gasteiger partial charge is 0.147 e. The fraction of sp³-hybridized carbons (Fsp3) is 0.462. The van der Waals surface area contributed by atoms with Crippen LogP contribution in [0.25, 0.3) is 0 Å². The number of anilines is 2. The van der Waals surface area contributed by atoms with Crippen molar-refractivity contribution in [2.45, 2.75) is 26.3 Å². The van der Waals surface area contributed by atoms with Crippen LogP contribution in [0.4, 0.5) is 11.6 Å². The first-order valence-corrected chi connectivity index (χ1v) is 7.64. The molecule has 0 aliphatic carbocycles. The van der Waals surface area contributed by atoms with Gasteiger partial charge in [-0.15, -0.1) is 5.10 Å². The van der Waals surface area contributed by atoms with Crippen molar-refractivity contribution in [1.29, 1.82) is 0 Å². The Kier molecular flexibility index (Phi) is 6.07. The normalized spacial score (nSPS) is 10.6. The lowest BCUT2D eigenvalue weighted by molar-refractivity contribution is 0.569. The van der Waals surface area contributed by atoms with Crippen LogP contribution in [-0.4, -0.2) is 33.1 Å². The minimum atomic E-state index is 0.516. The Balaban J connectivity index is 1.89. The second kappa shape index (κ2) is 8.05. The van der Waals surface area contributed by atoms with Gasteiger partial charge in [-0.2, -0.15) is 0 Å². The number of rotatable bonds is 8. The summed E-state index contributed by atoms with van der Waals surface area (Å²) >= 11 is 12.3. The van der Waals surface area contributed by atoms with Gasteiger partial charge in [0.15, 0.2) is 0 Å². The van der Waals surface area contributed by atoms with Gasteiger partial charge in [-0.3, -0.25) is 4.68 Å².